The number of carboxylic acids is 1. The fraction of sp³-hybridized carbons (Fsp3) is 0.118. The van der Waals surface area contributed by atoms with Crippen molar-refractivity contribution in [2.24, 2.45) is 5.73 Å². The van der Waals surface area contributed by atoms with Gasteiger partial charge < -0.3 is 16.2 Å². The van der Waals surface area contributed by atoms with Gasteiger partial charge in [0, 0.05) is 6.42 Å². The van der Waals surface area contributed by atoms with Gasteiger partial charge in [-0.15, -0.1) is 0 Å². The summed E-state index contributed by atoms with van der Waals surface area (Å²) in [6.45, 7) is 0. The number of benzene rings is 2. The third kappa shape index (κ3) is 4.16. The molecule has 124 valence electrons. The number of carbonyl (C=O) groups is 3. The van der Waals surface area contributed by atoms with Crippen LogP contribution in [-0.4, -0.2) is 28.9 Å². The maximum absolute atomic E-state index is 13.6. The molecular weight excluding hydrogens is 315 g/mol. The molecule has 7 heteroatoms. The van der Waals surface area contributed by atoms with Gasteiger partial charge in [-0.25, -0.2) is 9.18 Å². The standard InChI is InChI=1S/C17H15FN2O4/c18-13-4-2-1-3-12(13)16(22)20-14(15(19)21)9-10-5-7-11(8-6-10)17(23)24/h1-8,14H,9H2,(H2,19,21)(H,20,22)(H,23,24)/t14-/m0/s1. The van der Waals surface area contributed by atoms with Crippen LogP contribution in [0.4, 0.5) is 4.39 Å². The summed E-state index contributed by atoms with van der Waals surface area (Å²) in [5.74, 6) is -3.30. The summed E-state index contributed by atoms with van der Waals surface area (Å²) >= 11 is 0. The van der Waals surface area contributed by atoms with Crippen molar-refractivity contribution >= 4 is 17.8 Å². The molecule has 0 radical (unpaired) electrons. The normalized spacial score (nSPS) is 11.5. The molecule has 0 saturated carbocycles. The SMILES string of the molecule is NC(=O)[C@H](Cc1ccc(C(=O)O)cc1)NC(=O)c1ccccc1F. The van der Waals surface area contributed by atoms with Crippen LogP contribution in [0.3, 0.4) is 0 Å². The van der Waals surface area contributed by atoms with Crippen LogP contribution in [-0.2, 0) is 11.2 Å². The smallest absolute Gasteiger partial charge is 0.335 e. The van der Waals surface area contributed by atoms with Gasteiger partial charge in [0.15, 0.2) is 0 Å². The van der Waals surface area contributed by atoms with E-state index in [1.807, 2.05) is 0 Å². The zero-order chi connectivity index (χ0) is 17.7. The van der Waals surface area contributed by atoms with Gasteiger partial charge in [0.2, 0.25) is 5.91 Å². The number of nitrogens with two attached hydrogens (primary N) is 1. The highest BCUT2D eigenvalue weighted by atomic mass is 19.1. The Hall–Kier alpha value is -3.22. The molecule has 1 atom stereocenters. The molecule has 6 nitrogen and oxygen atoms in total. The van der Waals surface area contributed by atoms with Crippen LogP contribution >= 0.6 is 0 Å². The highest BCUT2D eigenvalue weighted by molar-refractivity contribution is 5.97. The Bertz CT molecular complexity index is 774. The summed E-state index contributed by atoms with van der Waals surface area (Å²) in [6, 6.07) is 10.1. The number of primary amides is 1. The van der Waals surface area contributed by atoms with Gasteiger partial charge in [-0.3, -0.25) is 9.59 Å². The van der Waals surface area contributed by atoms with Crippen molar-refractivity contribution in [3.05, 3.63) is 71.0 Å². The van der Waals surface area contributed by atoms with Crippen LogP contribution in [0.2, 0.25) is 0 Å². The van der Waals surface area contributed by atoms with Crippen molar-refractivity contribution in [2.75, 3.05) is 0 Å². The summed E-state index contributed by atoms with van der Waals surface area (Å²) in [7, 11) is 0. The highest BCUT2D eigenvalue weighted by Gasteiger charge is 2.21. The van der Waals surface area contributed by atoms with Crippen molar-refractivity contribution in [1.29, 1.82) is 0 Å². The van der Waals surface area contributed by atoms with Crippen molar-refractivity contribution in [2.45, 2.75) is 12.5 Å². The van der Waals surface area contributed by atoms with Crippen molar-refractivity contribution in [1.82, 2.24) is 5.32 Å². The van der Waals surface area contributed by atoms with E-state index >= 15 is 0 Å². The first-order valence-corrected chi connectivity index (χ1v) is 7.05. The zero-order valence-electron chi connectivity index (χ0n) is 12.5. The lowest BCUT2D eigenvalue weighted by Gasteiger charge is -2.16. The number of amides is 2. The van der Waals surface area contributed by atoms with E-state index in [0.29, 0.717) is 5.56 Å². The van der Waals surface area contributed by atoms with Crippen molar-refractivity contribution < 1.29 is 23.9 Å². The number of rotatable bonds is 6. The Labute approximate surface area is 137 Å². The fourth-order valence-corrected chi connectivity index (χ4v) is 2.12. The van der Waals surface area contributed by atoms with Gasteiger partial charge >= 0.3 is 5.97 Å². The molecule has 2 aromatic carbocycles. The van der Waals surface area contributed by atoms with E-state index in [0.717, 1.165) is 6.07 Å². The molecule has 2 rings (SSSR count). The first kappa shape index (κ1) is 17.1. The van der Waals surface area contributed by atoms with E-state index in [9.17, 15) is 18.8 Å². The molecule has 0 aliphatic carbocycles. The van der Waals surface area contributed by atoms with Gasteiger partial charge in [-0.2, -0.15) is 0 Å². The van der Waals surface area contributed by atoms with E-state index in [2.05, 4.69) is 5.32 Å². The first-order valence-electron chi connectivity index (χ1n) is 7.05. The lowest BCUT2D eigenvalue weighted by Crippen LogP contribution is -2.46. The van der Waals surface area contributed by atoms with Crippen molar-refractivity contribution in [3.8, 4) is 0 Å². The van der Waals surface area contributed by atoms with Crippen LogP contribution in [0.1, 0.15) is 26.3 Å². The van der Waals surface area contributed by atoms with Crippen LogP contribution in [0.25, 0.3) is 0 Å². The lowest BCUT2D eigenvalue weighted by atomic mass is 10.0. The average molecular weight is 330 g/mol. The molecule has 0 aliphatic heterocycles. The topological polar surface area (TPSA) is 109 Å². The maximum Gasteiger partial charge on any atom is 0.335 e. The van der Waals surface area contributed by atoms with Crippen LogP contribution in [0.5, 0.6) is 0 Å². The quantitative estimate of drug-likeness (QED) is 0.742. The Morgan fingerprint density at radius 1 is 1.08 bits per heavy atom. The molecule has 24 heavy (non-hydrogen) atoms. The monoisotopic (exact) mass is 330 g/mol. The Morgan fingerprint density at radius 2 is 1.71 bits per heavy atom. The van der Waals surface area contributed by atoms with Gasteiger partial charge in [0.25, 0.3) is 5.91 Å². The molecule has 0 unspecified atom stereocenters. The number of aromatic carboxylic acids is 1. The number of carboxylic acid groups (broad SMARTS) is 1. The highest BCUT2D eigenvalue weighted by Crippen LogP contribution is 2.10. The molecule has 0 spiro atoms. The minimum atomic E-state index is -1.07. The van der Waals surface area contributed by atoms with Gasteiger partial charge in [-0.1, -0.05) is 24.3 Å². The van der Waals surface area contributed by atoms with Gasteiger partial charge in [0.05, 0.1) is 11.1 Å². The molecular formula is C17H15FN2O4. The Morgan fingerprint density at radius 3 is 2.25 bits per heavy atom. The van der Waals surface area contributed by atoms with Crippen LogP contribution in [0.15, 0.2) is 48.5 Å². The maximum atomic E-state index is 13.6. The Kier molecular flexibility index (Phi) is 5.26. The molecule has 0 heterocycles. The third-order valence-corrected chi connectivity index (χ3v) is 3.41. The first-order chi connectivity index (χ1) is 11.4. The molecule has 0 bridgehead atoms. The van der Waals surface area contributed by atoms with Crippen LogP contribution < -0.4 is 11.1 Å². The summed E-state index contributed by atoms with van der Waals surface area (Å²) in [4.78, 5) is 34.4. The number of carbonyl (C=O) groups excluding carboxylic acids is 2. The molecule has 0 saturated heterocycles. The predicted octanol–water partition coefficient (Wildman–Crippen LogP) is 1.35. The van der Waals surface area contributed by atoms with Gasteiger partial charge in [-0.05, 0) is 29.8 Å². The average Bonchev–Trinajstić information content (AvgIpc) is 2.54. The molecule has 4 N–H and O–H groups in total. The summed E-state index contributed by atoms with van der Waals surface area (Å²) < 4.78 is 13.6. The Balaban J connectivity index is 2.12. The molecule has 0 aliphatic rings. The van der Waals surface area contributed by atoms with Gasteiger partial charge in [0.1, 0.15) is 11.9 Å². The number of hydrogen-bond donors (Lipinski definition) is 3. The summed E-state index contributed by atoms with van der Waals surface area (Å²) in [6.07, 6.45) is 0.0649. The minimum absolute atomic E-state index is 0.0649. The summed E-state index contributed by atoms with van der Waals surface area (Å²) in [5.41, 5.74) is 5.81. The molecule has 2 amide bonds. The molecule has 2 aromatic rings. The second kappa shape index (κ2) is 7.36. The van der Waals surface area contributed by atoms with E-state index in [4.69, 9.17) is 10.8 Å². The number of halogens is 1. The number of nitrogens with one attached hydrogen (secondary N) is 1. The van der Waals surface area contributed by atoms with Crippen LogP contribution in [0, 0.1) is 5.82 Å². The van der Waals surface area contributed by atoms with E-state index in [1.165, 1.54) is 42.5 Å². The lowest BCUT2D eigenvalue weighted by molar-refractivity contribution is -0.119. The molecule has 0 fully saturated rings. The zero-order valence-corrected chi connectivity index (χ0v) is 12.5. The van der Waals surface area contributed by atoms with E-state index in [1.54, 1.807) is 0 Å². The second-order valence-corrected chi connectivity index (χ2v) is 5.11. The largest absolute Gasteiger partial charge is 0.478 e. The van der Waals surface area contributed by atoms with Crippen molar-refractivity contribution in [3.63, 3.8) is 0 Å². The molecule has 0 aromatic heterocycles. The third-order valence-electron chi connectivity index (χ3n) is 3.41. The minimum Gasteiger partial charge on any atom is -0.478 e. The summed E-state index contributed by atoms with van der Waals surface area (Å²) in [5, 5.41) is 11.2. The number of hydrogen-bond acceptors (Lipinski definition) is 3. The van der Waals surface area contributed by atoms with E-state index < -0.39 is 29.6 Å². The van der Waals surface area contributed by atoms with E-state index in [-0.39, 0.29) is 17.5 Å². The predicted molar refractivity (Wildman–Crippen MR) is 84.0 cm³/mol. The fourth-order valence-electron chi connectivity index (χ4n) is 2.12. The second-order valence-electron chi connectivity index (χ2n) is 5.11.